The summed E-state index contributed by atoms with van der Waals surface area (Å²) >= 11 is 0. The average Bonchev–Trinajstić information content (AvgIpc) is 2.88. The molecule has 0 bridgehead atoms. The van der Waals surface area contributed by atoms with Crippen LogP contribution in [0.25, 0.3) is 0 Å². The molecular weight excluding hydrogens is 216 g/mol. The molecule has 5 heteroatoms. The van der Waals surface area contributed by atoms with Crippen LogP contribution in [0.5, 0.6) is 0 Å². The van der Waals surface area contributed by atoms with Crippen LogP contribution < -0.4 is 10.6 Å². The van der Waals surface area contributed by atoms with E-state index in [9.17, 15) is 0 Å². The lowest BCUT2D eigenvalue weighted by atomic mass is 10.3. The lowest BCUT2D eigenvalue weighted by Crippen LogP contribution is -2.16. The number of hydrogen-bond acceptors (Lipinski definition) is 5. The van der Waals surface area contributed by atoms with Crippen molar-refractivity contribution in [1.82, 2.24) is 9.97 Å². The summed E-state index contributed by atoms with van der Waals surface area (Å²) in [5.74, 6) is 1.46. The van der Waals surface area contributed by atoms with Crippen molar-refractivity contribution in [3.63, 3.8) is 0 Å². The molecule has 0 aliphatic heterocycles. The highest BCUT2D eigenvalue weighted by Crippen LogP contribution is 2.20. The molecule has 0 radical (unpaired) electrons. The van der Waals surface area contributed by atoms with Gasteiger partial charge in [-0.05, 0) is 18.9 Å². The highest BCUT2D eigenvalue weighted by molar-refractivity contribution is 5.38. The summed E-state index contributed by atoms with van der Waals surface area (Å²) in [5, 5.41) is 6.14. The van der Waals surface area contributed by atoms with Crippen molar-refractivity contribution in [2.24, 2.45) is 0 Å². The number of anilines is 2. The van der Waals surface area contributed by atoms with Gasteiger partial charge in [-0.15, -0.1) is 0 Å². The largest absolute Gasteiger partial charge is 0.376 e. The maximum absolute atomic E-state index is 5.76. The van der Waals surface area contributed by atoms with Gasteiger partial charge >= 0.3 is 0 Å². The van der Waals surface area contributed by atoms with Gasteiger partial charge in [0, 0.05) is 19.8 Å². The molecule has 1 aromatic heterocycles. The lowest BCUT2D eigenvalue weighted by Gasteiger charge is -2.11. The molecular formula is C12H20N4O. The van der Waals surface area contributed by atoms with E-state index in [0.717, 1.165) is 19.0 Å². The Kier molecular flexibility index (Phi) is 4.55. The van der Waals surface area contributed by atoms with Crippen LogP contribution in [0.3, 0.4) is 0 Å². The second-order valence-electron chi connectivity index (χ2n) is 4.22. The number of hydrogen-bond donors (Lipinski definition) is 2. The molecule has 1 heterocycles. The van der Waals surface area contributed by atoms with E-state index in [-0.39, 0.29) is 0 Å². The van der Waals surface area contributed by atoms with Crippen LogP contribution in [0.15, 0.2) is 12.3 Å². The SMILES string of the molecule is CNc1nccc(NCCOC2CCCC2)n1. The van der Waals surface area contributed by atoms with Crippen molar-refractivity contribution in [2.75, 3.05) is 30.8 Å². The normalized spacial score (nSPS) is 16.1. The van der Waals surface area contributed by atoms with Gasteiger partial charge in [0.15, 0.2) is 0 Å². The van der Waals surface area contributed by atoms with Crippen LogP contribution in [-0.2, 0) is 4.74 Å². The van der Waals surface area contributed by atoms with Gasteiger partial charge in [0.05, 0.1) is 12.7 Å². The van der Waals surface area contributed by atoms with Crippen molar-refractivity contribution < 1.29 is 4.74 Å². The van der Waals surface area contributed by atoms with Crippen molar-refractivity contribution in [1.29, 1.82) is 0 Å². The Morgan fingerprint density at radius 3 is 3.00 bits per heavy atom. The van der Waals surface area contributed by atoms with Gasteiger partial charge in [-0.2, -0.15) is 4.98 Å². The molecule has 0 spiro atoms. The van der Waals surface area contributed by atoms with Crippen LogP contribution in [0.2, 0.25) is 0 Å². The van der Waals surface area contributed by atoms with Crippen molar-refractivity contribution in [2.45, 2.75) is 31.8 Å². The molecule has 0 aromatic carbocycles. The van der Waals surface area contributed by atoms with Crippen LogP contribution >= 0.6 is 0 Å². The Morgan fingerprint density at radius 1 is 1.41 bits per heavy atom. The third-order valence-corrected chi connectivity index (χ3v) is 2.94. The number of aromatic nitrogens is 2. The quantitative estimate of drug-likeness (QED) is 0.739. The molecule has 17 heavy (non-hydrogen) atoms. The molecule has 2 rings (SSSR count). The lowest BCUT2D eigenvalue weighted by molar-refractivity contribution is 0.0658. The zero-order chi connectivity index (χ0) is 11.9. The van der Waals surface area contributed by atoms with E-state index in [4.69, 9.17) is 4.74 Å². The smallest absolute Gasteiger partial charge is 0.224 e. The van der Waals surface area contributed by atoms with Gasteiger partial charge in [-0.1, -0.05) is 12.8 Å². The topological polar surface area (TPSA) is 59.1 Å². The summed E-state index contributed by atoms with van der Waals surface area (Å²) < 4.78 is 5.76. The Bertz CT molecular complexity index is 339. The highest BCUT2D eigenvalue weighted by Gasteiger charge is 2.14. The second kappa shape index (κ2) is 6.39. The predicted octanol–water partition coefficient (Wildman–Crippen LogP) is 1.89. The van der Waals surface area contributed by atoms with Crippen molar-refractivity contribution >= 4 is 11.8 Å². The minimum atomic E-state index is 0.482. The third kappa shape index (κ3) is 3.85. The average molecular weight is 236 g/mol. The molecule has 0 atom stereocenters. The van der Waals surface area contributed by atoms with E-state index < -0.39 is 0 Å². The summed E-state index contributed by atoms with van der Waals surface area (Å²) in [6.45, 7) is 1.53. The van der Waals surface area contributed by atoms with E-state index in [1.54, 1.807) is 6.20 Å². The van der Waals surface area contributed by atoms with E-state index >= 15 is 0 Å². The van der Waals surface area contributed by atoms with Gasteiger partial charge < -0.3 is 15.4 Å². The van der Waals surface area contributed by atoms with E-state index in [1.165, 1.54) is 25.7 Å². The Hall–Kier alpha value is -1.36. The summed E-state index contributed by atoms with van der Waals surface area (Å²) in [6, 6.07) is 1.86. The molecule has 0 saturated heterocycles. The maximum Gasteiger partial charge on any atom is 0.224 e. The number of rotatable bonds is 6. The molecule has 1 aliphatic carbocycles. The van der Waals surface area contributed by atoms with Crippen LogP contribution in [0.1, 0.15) is 25.7 Å². The minimum absolute atomic E-state index is 0.482. The van der Waals surface area contributed by atoms with E-state index in [2.05, 4.69) is 20.6 Å². The van der Waals surface area contributed by atoms with E-state index in [0.29, 0.717) is 12.1 Å². The zero-order valence-electron chi connectivity index (χ0n) is 10.3. The molecule has 1 fully saturated rings. The van der Waals surface area contributed by atoms with Gasteiger partial charge in [0.2, 0.25) is 5.95 Å². The minimum Gasteiger partial charge on any atom is -0.376 e. The van der Waals surface area contributed by atoms with Crippen molar-refractivity contribution in [3.05, 3.63) is 12.3 Å². The molecule has 1 aromatic rings. The monoisotopic (exact) mass is 236 g/mol. The highest BCUT2D eigenvalue weighted by atomic mass is 16.5. The van der Waals surface area contributed by atoms with Crippen LogP contribution in [0.4, 0.5) is 11.8 Å². The fraction of sp³-hybridized carbons (Fsp3) is 0.667. The maximum atomic E-state index is 5.76. The molecule has 0 unspecified atom stereocenters. The first-order valence-electron chi connectivity index (χ1n) is 6.25. The summed E-state index contributed by atoms with van der Waals surface area (Å²) in [5.41, 5.74) is 0. The summed E-state index contributed by atoms with van der Waals surface area (Å²) in [4.78, 5) is 8.33. The Labute approximate surface area is 102 Å². The van der Waals surface area contributed by atoms with E-state index in [1.807, 2.05) is 13.1 Å². The standard InChI is InChI=1S/C12H20N4O/c1-13-12-15-7-6-11(16-12)14-8-9-17-10-4-2-3-5-10/h6-7,10H,2-5,8-9H2,1H3,(H2,13,14,15,16). The number of nitrogens with zero attached hydrogens (tertiary/aromatic N) is 2. The second-order valence-corrected chi connectivity index (χ2v) is 4.22. The Balaban J connectivity index is 1.66. The zero-order valence-corrected chi connectivity index (χ0v) is 10.3. The first-order valence-corrected chi connectivity index (χ1v) is 6.25. The van der Waals surface area contributed by atoms with Crippen LogP contribution in [-0.4, -0.2) is 36.3 Å². The molecule has 0 amide bonds. The summed E-state index contributed by atoms with van der Waals surface area (Å²) in [7, 11) is 1.81. The Morgan fingerprint density at radius 2 is 2.24 bits per heavy atom. The molecule has 1 saturated carbocycles. The number of nitrogens with one attached hydrogen (secondary N) is 2. The van der Waals surface area contributed by atoms with Gasteiger partial charge in [0.25, 0.3) is 0 Å². The van der Waals surface area contributed by atoms with Gasteiger partial charge in [-0.3, -0.25) is 0 Å². The molecule has 2 N–H and O–H groups in total. The summed E-state index contributed by atoms with van der Waals surface area (Å²) in [6.07, 6.45) is 7.29. The van der Waals surface area contributed by atoms with Crippen LogP contribution in [0, 0.1) is 0 Å². The fourth-order valence-corrected chi connectivity index (χ4v) is 2.04. The molecule has 1 aliphatic rings. The number of ether oxygens (including phenoxy) is 1. The first kappa shape index (κ1) is 12.1. The third-order valence-electron chi connectivity index (χ3n) is 2.94. The molecule has 5 nitrogen and oxygen atoms in total. The first-order chi connectivity index (χ1) is 8.38. The van der Waals surface area contributed by atoms with Gasteiger partial charge in [-0.25, -0.2) is 4.98 Å². The predicted molar refractivity (Wildman–Crippen MR) is 68.3 cm³/mol. The molecule has 94 valence electrons. The fourth-order valence-electron chi connectivity index (χ4n) is 2.04. The van der Waals surface area contributed by atoms with Gasteiger partial charge in [0.1, 0.15) is 5.82 Å². The van der Waals surface area contributed by atoms with Crippen molar-refractivity contribution in [3.8, 4) is 0 Å².